The molecule has 0 bridgehead atoms. The molecule has 0 amide bonds. The molecule has 1 N–H and O–H groups in total. The van der Waals surface area contributed by atoms with Gasteiger partial charge in [0.2, 0.25) is 0 Å². The molecule has 96 valence electrons. The fourth-order valence-electron chi connectivity index (χ4n) is 1.90. The maximum atomic E-state index is 12.9. The minimum Gasteiger partial charge on any atom is -0.396 e. The second-order valence-electron chi connectivity index (χ2n) is 4.26. The van der Waals surface area contributed by atoms with Crippen molar-refractivity contribution in [3.05, 3.63) is 40.7 Å². The van der Waals surface area contributed by atoms with Gasteiger partial charge in [-0.3, -0.25) is 0 Å². The highest BCUT2D eigenvalue weighted by Gasteiger charge is 2.16. The predicted octanol–water partition coefficient (Wildman–Crippen LogP) is 3.74. The summed E-state index contributed by atoms with van der Waals surface area (Å²) >= 11 is 1.58. The van der Waals surface area contributed by atoms with E-state index in [4.69, 9.17) is 0 Å². The van der Waals surface area contributed by atoms with Crippen LogP contribution in [-0.2, 0) is 0 Å². The molecule has 1 aromatic heterocycles. The first kappa shape index (κ1) is 13.2. The summed E-state index contributed by atoms with van der Waals surface area (Å²) in [6.07, 6.45) is 0.891. The molecule has 1 heterocycles. The number of halogens is 1. The quantitative estimate of drug-likeness (QED) is 0.913. The van der Waals surface area contributed by atoms with Crippen molar-refractivity contribution >= 4 is 11.3 Å². The van der Waals surface area contributed by atoms with Crippen LogP contribution in [0.5, 0.6) is 0 Å². The molecular formula is C14H16FNOS. The normalized spacial score (nSPS) is 12.7. The van der Waals surface area contributed by atoms with Crippen molar-refractivity contribution in [1.29, 1.82) is 0 Å². The van der Waals surface area contributed by atoms with Crippen molar-refractivity contribution in [3.8, 4) is 10.6 Å². The number of hydrogen-bond donors (Lipinski definition) is 1. The molecule has 2 nitrogen and oxygen atoms in total. The average Bonchev–Trinajstić information content (AvgIpc) is 2.74. The first-order valence-corrected chi connectivity index (χ1v) is 6.81. The van der Waals surface area contributed by atoms with Gasteiger partial charge in [-0.2, -0.15) is 0 Å². The zero-order valence-corrected chi connectivity index (χ0v) is 11.3. The Kier molecular flexibility index (Phi) is 4.09. The SMILES string of the molecule is CCC(CO)c1sc(-c2ccc(F)cc2)nc1C. The van der Waals surface area contributed by atoms with Gasteiger partial charge >= 0.3 is 0 Å². The fourth-order valence-corrected chi connectivity index (χ4v) is 3.15. The van der Waals surface area contributed by atoms with E-state index < -0.39 is 0 Å². The molecule has 0 aliphatic heterocycles. The van der Waals surface area contributed by atoms with Crippen LogP contribution in [0.1, 0.15) is 29.8 Å². The van der Waals surface area contributed by atoms with Gasteiger partial charge in [-0.25, -0.2) is 9.37 Å². The monoisotopic (exact) mass is 265 g/mol. The molecule has 0 aliphatic carbocycles. The molecule has 18 heavy (non-hydrogen) atoms. The van der Waals surface area contributed by atoms with Gasteiger partial charge in [0.05, 0.1) is 12.3 Å². The molecule has 0 saturated carbocycles. The highest BCUT2D eigenvalue weighted by Crippen LogP contribution is 2.33. The largest absolute Gasteiger partial charge is 0.396 e. The number of nitrogens with zero attached hydrogens (tertiary/aromatic N) is 1. The zero-order chi connectivity index (χ0) is 13.1. The summed E-state index contributed by atoms with van der Waals surface area (Å²) in [6.45, 7) is 4.15. The van der Waals surface area contributed by atoms with E-state index in [1.165, 1.54) is 12.1 Å². The number of aliphatic hydroxyl groups is 1. The Morgan fingerprint density at radius 3 is 2.56 bits per heavy atom. The van der Waals surface area contributed by atoms with Crippen molar-refractivity contribution in [1.82, 2.24) is 4.98 Å². The van der Waals surface area contributed by atoms with E-state index in [2.05, 4.69) is 11.9 Å². The zero-order valence-electron chi connectivity index (χ0n) is 10.5. The lowest BCUT2D eigenvalue weighted by molar-refractivity contribution is 0.263. The minimum atomic E-state index is -0.242. The smallest absolute Gasteiger partial charge is 0.123 e. The molecule has 0 fully saturated rings. The molecule has 4 heteroatoms. The van der Waals surface area contributed by atoms with Crippen molar-refractivity contribution in [2.24, 2.45) is 0 Å². The van der Waals surface area contributed by atoms with Crippen molar-refractivity contribution < 1.29 is 9.50 Å². The lowest BCUT2D eigenvalue weighted by Gasteiger charge is -2.08. The van der Waals surface area contributed by atoms with E-state index in [0.717, 1.165) is 27.6 Å². The third-order valence-electron chi connectivity index (χ3n) is 3.01. The van der Waals surface area contributed by atoms with Crippen molar-refractivity contribution in [2.75, 3.05) is 6.61 Å². The third-order valence-corrected chi connectivity index (χ3v) is 4.38. The van der Waals surface area contributed by atoms with Crippen LogP contribution < -0.4 is 0 Å². The van der Waals surface area contributed by atoms with Crippen LogP contribution in [0.3, 0.4) is 0 Å². The van der Waals surface area contributed by atoms with E-state index in [9.17, 15) is 9.50 Å². The van der Waals surface area contributed by atoms with E-state index >= 15 is 0 Å². The topological polar surface area (TPSA) is 33.1 Å². The van der Waals surface area contributed by atoms with Crippen LogP contribution in [0.4, 0.5) is 4.39 Å². The Hall–Kier alpha value is -1.26. The van der Waals surface area contributed by atoms with Gasteiger partial charge in [0.1, 0.15) is 10.8 Å². The van der Waals surface area contributed by atoms with Crippen LogP contribution >= 0.6 is 11.3 Å². The lowest BCUT2D eigenvalue weighted by atomic mass is 10.1. The van der Waals surface area contributed by atoms with Crippen LogP contribution in [0, 0.1) is 12.7 Å². The van der Waals surface area contributed by atoms with Gasteiger partial charge in [0.25, 0.3) is 0 Å². The molecule has 2 aromatic rings. The van der Waals surface area contributed by atoms with Gasteiger partial charge in [-0.1, -0.05) is 6.92 Å². The first-order chi connectivity index (χ1) is 8.65. The van der Waals surface area contributed by atoms with E-state index in [0.29, 0.717) is 0 Å². The van der Waals surface area contributed by atoms with Crippen LogP contribution in [-0.4, -0.2) is 16.7 Å². The molecule has 0 radical (unpaired) electrons. The Bertz CT molecular complexity index is 517. The molecule has 0 spiro atoms. The first-order valence-electron chi connectivity index (χ1n) is 5.99. The molecule has 1 aromatic carbocycles. The summed E-state index contributed by atoms with van der Waals surface area (Å²) in [5.74, 6) is -0.0919. The number of thiazole rings is 1. The minimum absolute atomic E-state index is 0.141. The standard InChI is InChI=1S/C14H16FNOS/c1-3-10(8-17)13-9(2)16-14(18-13)11-4-6-12(15)7-5-11/h4-7,10,17H,3,8H2,1-2H3. The van der Waals surface area contributed by atoms with Gasteiger partial charge < -0.3 is 5.11 Å². The number of aryl methyl sites for hydroxylation is 1. The molecule has 0 aliphatic rings. The van der Waals surface area contributed by atoms with Crippen molar-refractivity contribution in [2.45, 2.75) is 26.2 Å². The summed E-state index contributed by atoms with van der Waals surface area (Å²) < 4.78 is 12.9. The predicted molar refractivity (Wildman–Crippen MR) is 72.4 cm³/mol. The number of benzene rings is 1. The van der Waals surface area contributed by atoms with Gasteiger partial charge in [0, 0.05) is 16.4 Å². The van der Waals surface area contributed by atoms with E-state index in [1.807, 2.05) is 6.92 Å². The molecule has 1 unspecified atom stereocenters. The third kappa shape index (κ3) is 2.60. The number of rotatable bonds is 4. The van der Waals surface area contributed by atoms with Gasteiger partial charge in [-0.05, 0) is 37.6 Å². The van der Waals surface area contributed by atoms with E-state index in [1.54, 1.807) is 23.5 Å². The average molecular weight is 265 g/mol. The van der Waals surface area contributed by atoms with Crippen LogP contribution in [0.25, 0.3) is 10.6 Å². The summed E-state index contributed by atoms with van der Waals surface area (Å²) in [5, 5.41) is 10.2. The summed E-state index contributed by atoms with van der Waals surface area (Å²) in [4.78, 5) is 5.64. The second-order valence-corrected chi connectivity index (χ2v) is 5.29. The lowest BCUT2D eigenvalue weighted by Crippen LogP contribution is -2.01. The molecule has 0 saturated heterocycles. The maximum absolute atomic E-state index is 12.9. The number of aromatic nitrogens is 1. The van der Waals surface area contributed by atoms with Crippen LogP contribution in [0.2, 0.25) is 0 Å². The molecular weight excluding hydrogens is 249 g/mol. The van der Waals surface area contributed by atoms with Crippen molar-refractivity contribution in [3.63, 3.8) is 0 Å². The van der Waals surface area contributed by atoms with Crippen LogP contribution in [0.15, 0.2) is 24.3 Å². The Balaban J connectivity index is 2.36. The van der Waals surface area contributed by atoms with Gasteiger partial charge in [0.15, 0.2) is 0 Å². The highest BCUT2D eigenvalue weighted by atomic mass is 32.1. The molecule has 1 atom stereocenters. The Morgan fingerprint density at radius 2 is 2.00 bits per heavy atom. The van der Waals surface area contributed by atoms with Gasteiger partial charge in [-0.15, -0.1) is 11.3 Å². The maximum Gasteiger partial charge on any atom is 0.123 e. The summed E-state index contributed by atoms with van der Waals surface area (Å²) in [5.41, 5.74) is 1.88. The fraction of sp³-hybridized carbons (Fsp3) is 0.357. The number of aliphatic hydroxyl groups excluding tert-OH is 1. The number of hydrogen-bond acceptors (Lipinski definition) is 3. The van der Waals surface area contributed by atoms with E-state index in [-0.39, 0.29) is 18.3 Å². The second kappa shape index (κ2) is 5.59. The highest BCUT2D eigenvalue weighted by molar-refractivity contribution is 7.15. The Labute approximate surface area is 110 Å². The summed E-state index contributed by atoms with van der Waals surface area (Å²) in [6, 6.07) is 6.35. The summed E-state index contributed by atoms with van der Waals surface area (Å²) in [7, 11) is 0. The molecule has 2 rings (SSSR count). The Morgan fingerprint density at radius 1 is 1.33 bits per heavy atom.